The first kappa shape index (κ1) is 12.0. The molecule has 0 saturated heterocycles. The molecule has 0 aliphatic heterocycles. The van der Waals surface area contributed by atoms with Gasteiger partial charge in [0.25, 0.3) is 0 Å². The maximum Gasteiger partial charge on any atom is 0.165 e. The number of aromatic amines is 1. The second kappa shape index (κ2) is 5.23. The van der Waals surface area contributed by atoms with Gasteiger partial charge in [0.15, 0.2) is 5.16 Å². The van der Waals surface area contributed by atoms with Gasteiger partial charge in [0.05, 0.1) is 12.8 Å². The second-order valence-electron chi connectivity index (χ2n) is 3.73. The third-order valence-electron chi connectivity index (χ3n) is 2.57. The first-order valence-corrected chi connectivity index (χ1v) is 6.32. The first-order valence-electron chi connectivity index (χ1n) is 5.33. The van der Waals surface area contributed by atoms with Crippen LogP contribution in [0.1, 0.15) is 16.8 Å². The van der Waals surface area contributed by atoms with E-state index >= 15 is 0 Å². The molecule has 0 atom stereocenters. The lowest BCUT2D eigenvalue weighted by Crippen LogP contribution is -1.98. The van der Waals surface area contributed by atoms with E-state index in [2.05, 4.69) is 15.0 Å². The number of imidazole rings is 1. The third kappa shape index (κ3) is 2.61. The fraction of sp³-hybridized carbons (Fsp3) is 0.333. The molecule has 1 N–H and O–H groups in total. The van der Waals surface area contributed by atoms with Gasteiger partial charge in [-0.3, -0.25) is 4.98 Å². The Hall–Kier alpha value is -1.49. The number of hydrogen-bond donors (Lipinski definition) is 1. The molecule has 0 amide bonds. The van der Waals surface area contributed by atoms with Crippen LogP contribution in [0.15, 0.2) is 23.7 Å². The van der Waals surface area contributed by atoms with Crippen molar-refractivity contribution >= 4 is 11.8 Å². The van der Waals surface area contributed by atoms with Gasteiger partial charge in [-0.25, -0.2) is 4.98 Å². The van der Waals surface area contributed by atoms with Gasteiger partial charge < -0.3 is 9.72 Å². The number of nitrogens with zero attached hydrogens (tertiary/aromatic N) is 2. The van der Waals surface area contributed by atoms with Crippen LogP contribution in [0.2, 0.25) is 0 Å². The van der Waals surface area contributed by atoms with Crippen LogP contribution in [0.4, 0.5) is 0 Å². The SMILES string of the molecule is COc1c(C)cnc(CSc2ncc[nH]2)c1C. The maximum absolute atomic E-state index is 5.38. The lowest BCUT2D eigenvalue weighted by molar-refractivity contribution is 0.407. The number of pyridine rings is 1. The summed E-state index contributed by atoms with van der Waals surface area (Å²) in [5.41, 5.74) is 3.21. The molecule has 5 heteroatoms. The van der Waals surface area contributed by atoms with Gasteiger partial charge in [0.2, 0.25) is 0 Å². The summed E-state index contributed by atoms with van der Waals surface area (Å²) in [5, 5.41) is 0.908. The van der Waals surface area contributed by atoms with Crippen molar-refractivity contribution in [2.45, 2.75) is 24.8 Å². The summed E-state index contributed by atoms with van der Waals surface area (Å²) in [4.78, 5) is 11.7. The normalized spacial score (nSPS) is 10.5. The molecule has 0 radical (unpaired) electrons. The third-order valence-corrected chi connectivity index (χ3v) is 3.48. The minimum Gasteiger partial charge on any atom is -0.496 e. The average molecular weight is 249 g/mol. The maximum atomic E-state index is 5.38. The minimum absolute atomic E-state index is 0.788. The van der Waals surface area contributed by atoms with E-state index < -0.39 is 0 Å². The lowest BCUT2D eigenvalue weighted by atomic mass is 10.1. The van der Waals surface area contributed by atoms with Crippen molar-refractivity contribution in [1.82, 2.24) is 15.0 Å². The molecule has 4 nitrogen and oxygen atoms in total. The molecule has 2 heterocycles. The zero-order chi connectivity index (χ0) is 12.3. The van der Waals surface area contributed by atoms with E-state index in [1.807, 2.05) is 26.2 Å². The van der Waals surface area contributed by atoms with E-state index in [4.69, 9.17) is 4.74 Å². The fourth-order valence-electron chi connectivity index (χ4n) is 1.68. The van der Waals surface area contributed by atoms with E-state index in [1.54, 1.807) is 25.1 Å². The monoisotopic (exact) mass is 249 g/mol. The molecule has 0 unspecified atom stereocenters. The first-order chi connectivity index (χ1) is 8.22. The summed E-state index contributed by atoms with van der Waals surface area (Å²) in [6.07, 6.45) is 5.42. The highest BCUT2D eigenvalue weighted by molar-refractivity contribution is 7.98. The number of H-pyrrole nitrogens is 1. The van der Waals surface area contributed by atoms with Crippen molar-refractivity contribution in [3.8, 4) is 5.75 Å². The topological polar surface area (TPSA) is 50.8 Å². The molecule has 0 fully saturated rings. The molecule has 2 aromatic rings. The minimum atomic E-state index is 0.788. The highest BCUT2D eigenvalue weighted by Gasteiger charge is 2.10. The van der Waals surface area contributed by atoms with Crippen molar-refractivity contribution in [3.63, 3.8) is 0 Å². The second-order valence-corrected chi connectivity index (χ2v) is 4.69. The predicted octanol–water partition coefficient (Wildman–Crippen LogP) is 2.72. The van der Waals surface area contributed by atoms with Crippen molar-refractivity contribution in [2.75, 3.05) is 7.11 Å². The summed E-state index contributed by atoms with van der Waals surface area (Å²) in [7, 11) is 1.69. The molecule has 0 aromatic carbocycles. The van der Waals surface area contributed by atoms with Gasteiger partial charge >= 0.3 is 0 Å². The molecule has 0 spiro atoms. The van der Waals surface area contributed by atoms with Crippen LogP contribution in [0, 0.1) is 13.8 Å². The van der Waals surface area contributed by atoms with Crippen molar-refractivity contribution in [3.05, 3.63) is 35.4 Å². The number of methoxy groups -OCH3 is 1. The van der Waals surface area contributed by atoms with Gasteiger partial charge in [-0.05, 0) is 13.8 Å². The summed E-state index contributed by atoms with van der Waals surface area (Å²) in [5.74, 6) is 1.71. The molecule has 2 aromatic heterocycles. The zero-order valence-electron chi connectivity index (χ0n) is 10.2. The molecule has 0 saturated carbocycles. The number of hydrogen-bond acceptors (Lipinski definition) is 4. The number of rotatable bonds is 4. The highest BCUT2D eigenvalue weighted by atomic mass is 32.2. The Kier molecular flexibility index (Phi) is 3.68. The molecule has 0 aliphatic rings. The van der Waals surface area contributed by atoms with Gasteiger partial charge in [0, 0.05) is 35.5 Å². The van der Waals surface area contributed by atoms with Crippen LogP contribution in [0.25, 0.3) is 0 Å². The predicted molar refractivity (Wildman–Crippen MR) is 68.4 cm³/mol. The van der Waals surface area contributed by atoms with Crippen LogP contribution in [0.5, 0.6) is 5.75 Å². The fourth-order valence-corrected chi connectivity index (χ4v) is 2.53. The van der Waals surface area contributed by atoms with Gasteiger partial charge in [0.1, 0.15) is 5.75 Å². The smallest absolute Gasteiger partial charge is 0.165 e. The Balaban J connectivity index is 2.16. The van der Waals surface area contributed by atoms with E-state index in [9.17, 15) is 0 Å². The summed E-state index contributed by atoms with van der Waals surface area (Å²) in [6.45, 7) is 4.04. The van der Waals surface area contributed by atoms with Gasteiger partial charge in [-0.1, -0.05) is 11.8 Å². The van der Waals surface area contributed by atoms with Crippen LogP contribution < -0.4 is 4.74 Å². The molecule has 90 valence electrons. The van der Waals surface area contributed by atoms with Crippen LogP contribution in [-0.4, -0.2) is 22.1 Å². The molecular weight excluding hydrogens is 234 g/mol. The summed E-state index contributed by atoms with van der Waals surface area (Å²) < 4.78 is 5.38. The largest absolute Gasteiger partial charge is 0.496 e. The van der Waals surface area contributed by atoms with E-state index in [-0.39, 0.29) is 0 Å². The van der Waals surface area contributed by atoms with Crippen LogP contribution in [0.3, 0.4) is 0 Å². The Morgan fingerprint density at radius 3 is 2.82 bits per heavy atom. The molecule has 2 rings (SSSR count). The molecule has 0 aliphatic carbocycles. The number of aryl methyl sites for hydroxylation is 1. The number of thioether (sulfide) groups is 1. The molecule has 17 heavy (non-hydrogen) atoms. The summed E-state index contributed by atoms with van der Waals surface area (Å²) in [6, 6.07) is 0. The van der Waals surface area contributed by atoms with Crippen LogP contribution >= 0.6 is 11.8 Å². The van der Waals surface area contributed by atoms with E-state index in [1.165, 1.54) is 0 Å². The lowest BCUT2D eigenvalue weighted by Gasteiger charge is -2.11. The highest BCUT2D eigenvalue weighted by Crippen LogP contribution is 2.27. The Morgan fingerprint density at radius 1 is 1.35 bits per heavy atom. The average Bonchev–Trinajstić information content (AvgIpc) is 2.82. The summed E-state index contributed by atoms with van der Waals surface area (Å²) >= 11 is 1.63. The Morgan fingerprint density at radius 2 is 2.18 bits per heavy atom. The standard InChI is InChI=1S/C12H15N3OS/c1-8-6-15-10(9(2)11(8)16-3)7-17-12-13-4-5-14-12/h4-6H,7H2,1-3H3,(H,13,14). The number of aromatic nitrogens is 3. The molecule has 0 bridgehead atoms. The Bertz CT molecular complexity index is 497. The van der Waals surface area contributed by atoms with Crippen molar-refractivity contribution in [1.29, 1.82) is 0 Å². The molecular formula is C12H15N3OS. The van der Waals surface area contributed by atoms with Crippen LogP contribution in [-0.2, 0) is 5.75 Å². The number of nitrogens with one attached hydrogen (secondary N) is 1. The van der Waals surface area contributed by atoms with Crippen molar-refractivity contribution < 1.29 is 4.74 Å². The van der Waals surface area contributed by atoms with Gasteiger partial charge in [-0.2, -0.15) is 0 Å². The van der Waals surface area contributed by atoms with E-state index in [0.29, 0.717) is 0 Å². The quantitative estimate of drug-likeness (QED) is 0.846. The zero-order valence-corrected chi connectivity index (χ0v) is 11.0. The number of ether oxygens (including phenoxy) is 1. The Labute approximate surface area is 105 Å². The van der Waals surface area contributed by atoms with Crippen molar-refractivity contribution in [2.24, 2.45) is 0 Å². The van der Waals surface area contributed by atoms with E-state index in [0.717, 1.165) is 33.5 Å². The van der Waals surface area contributed by atoms with Gasteiger partial charge in [-0.15, -0.1) is 0 Å².